The van der Waals surface area contributed by atoms with Crippen LogP contribution in [0.4, 0.5) is 0 Å². The van der Waals surface area contributed by atoms with Gasteiger partial charge in [-0.1, -0.05) is 30.3 Å². The summed E-state index contributed by atoms with van der Waals surface area (Å²) in [5.41, 5.74) is 7.80. The molecule has 0 radical (unpaired) electrons. The van der Waals surface area contributed by atoms with Crippen LogP contribution in [-0.4, -0.2) is 79.0 Å². The van der Waals surface area contributed by atoms with Gasteiger partial charge in [0.2, 0.25) is 0 Å². The summed E-state index contributed by atoms with van der Waals surface area (Å²) < 4.78 is 11.9. The van der Waals surface area contributed by atoms with E-state index in [1.165, 1.54) is 57.9 Å². The molecule has 202 valence electrons. The molecule has 6 nitrogen and oxygen atoms in total. The number of aromatic nitrogens is 1. The minimum atomic E-state index is 0.208. The van der Waals surface area contributed by atoms with Crippen LogP contribution in [0.25, 0.3) is 21.7 Å². The molecule has 0 unspecified atom stereocenters. The average molecular weight is 534 g/mol. The van der Waals surface area contributed by atoms with E-state index in [0.29, 0.717) is 5.41 Å². The average Bonchev–Trinajstić information content (AvgIpc) is 3.55. The van der Waals surface area contributed by atoms with E-state index in [1.54, 1.807) is 11.3 Å². The second-order valence-corrected chi connectivity index (χ2v) is 12.3. The normalized spacial score (nSPS) is 19.0. The van der Waals surface area contributed by atoms with E-state index in [4.69, 9.17) is 14.5 Å². The third-order valence-electron chi connectivity index (χ3n) is 8.54. The molecule has 0 atom stereocenters. The van der Waals surface area contributed by atoms with Gasteiger partial charge >= 0.3 is 0 Å². The van der Waals surface area contributed by atoms with Gasteiger partial charge in [0.05, 0.1) is 25.5 Å². The summed E-state index contributed by atoms with van der Waals surface area (Å²) in [5.74, 6) is 0.977. The van der Waals surface area contributed by atoms with Gasteiger partial charge in [-0.15, -0.1) is 11.3 Å². The van der Waals surface area contributed by atoms with E-state index in [0.717, 1.165) is 69.6 Å². The first-order chi connectivity index (χ1) is 18.5. The number of aliphatic hydroxyl groups is 1. The highest BCUT2D eigenvalue weighted by atomic mass is 32.1. The van der Waals surface area contributed by atoms with Crippen LogP contribution in [0.5, 0.6) is 5.75 Å². The number of nitrogens with zero attached hydrogens (tertiary/aromatic N) is 3. The molecule has 0 saturated carbocycles. The van der Waals surface area contributed by atoms with Crippen molar-refractivity contribution in [3.05, 3.63) is 58.1 Å². The Bertz CT molecular complexity index is 1280. The SMILES string of the molecule is Cc1c(OCCCN2CC3(CCOC3)C2)cccc1-c1cccc(-c2nc3c(s2)CN(CCO)CC3)c1C. The van der Waals surface area contributed by atoms with Crippen LogP contribution in [-0.2, 0) is 17.7 Å². The molecule has 1 N–H and O–H groups in total. The first-order valence-electron chi connectivity index (χ1n) is 14.0. The number of hydrogen-bond acceptors (Lipinski definition) is 7. The summed E-state index contributed by atoms with van der Waals surface area (Å²) >= 11 is 1.80. The number of β-amino-alcohol motifs (C(OH)–C–C–N with tert-alkyl or cyclic N) is 1. The number of ether oxygens (including phenoxy) is 2. The molecule has 3 aliphatic heterocycles. The van der Waals surface area contributed by atoms with Gasteiger partial charge in [0, 0.05) is 68.2 Å². The van der Waals surface area contributed by atoms with Crippen molar-refractivity contribution in [3.63, 3.8) is 0 Å². The Hall–Kier alpha value is -2.29. The van der Waals surface area contributed by atoms with E-state index < -0.39 is 0 Å². The first kappa shape index (κ1) is 26.0. The molecule has 4 heterocycles. The Morgan fingerprint density at radius 1 is 1.03 bits per heavy atom. The monoisotopic (exact) mass is 533 g/mol. The minimum Gasteiger partial charge on any atom is -0.493 e. The topological polar surface area (TPSA) is 58.1 Å². The number of likely N-dealkylation sites (tertiary alicyclic amines) is 1. The smallest absolute Gasteiger partial charge is 0.124 e. The fraction of sp³-hybridized carbons (Fsp3) is 0.516. The molecule has 3 aliphatic rings. The van der Waals surface area contributed by atoms with Crippen LogP contribution in [0.2, 0.25) is 0 Å². The number of rotatable bonds is 9. The highest BCUT2D eigenvalue weighted by Gasteiger charge is 2.45. The summed E-state index contributed by atoms with van der Waals surface area (Å²) in [6.07, 6.45) is 3.22. The lowest BCUT2D eigenvalue weighted by Gasteiger charge is -2.47. The molecular weight excluding hydrogens is 494 g/mol. The predicted octanol–water partition coefficient (Wildman–Crippen LogP) is 4.94. The molecule has 2 aromatic carbocycles. The van der Waals surface area contributed by atoms with Crippen molar-refractivity contribution in [1.82, 2.24) is 14.8 Å². The molecule has 0 bridgehead atoms. The van der Waals surface area contributed by atoms with Gasteiger partial charge in [0.15, 0.2) is 0 Å². The van der Waals surface area contributed by atoms with Crippen LogP contribution >= 0.6 is 11.3 Å². The van der Waals surface area contributed by atoms with Crippen molar-refractivity contribution in [3.8, 4) is 27.4 Å². The number of hydrogen-bond donors (Lipinski definition) is 1. The molecule has 3 aromatic rings. The molecule has 2 fully saturated rings. The van der Waals surface area contributed by atoms with Gasteiger partial charge < -0.3 is 19.5 Å². The lowest BCUT2D eigenvalue weighted by molar-refractivity contribution is -0.00889. The van der Waals surface area contributed by atoms with Crippen molar-refractivity contribution in [1.29, 1.82) is 0 Å². The molecule has 0 aliphatic carbocycles. The minimum absolute atomic E-state index is 0.208. The molecule has 7 heteroatoms. The van der Waals surface area contributed by atoms with Gasteiger partial charge in [-0.3, -0.25) is 4.90 Å². The summed E-state index contributed by atoms with van der Waals surface area (Å²) in [5, 5.41) is 10.4. The van der Waals surface area contributed by atoms with Crippen molar-refractivity contribution < 1.29 is 14.6 Å². The molecular formula is C31H39N3O3S. The van der Waals surface area contributed by atoms with E-state index in [2.05, 4.69) is 60.0 Å². The maximum Gasteiger partial charge on any atom is 0.124 e. The largest absolute Gasteiger partial charge is 0.493 e. The second kappa shape index (κ2) is 11.1. The number of benzene rings is 2. The third kappa shape index (κ3) is 5.15. The lowest BCUT2D eigenvalue weighted by Crippen LogP contribution is -2.56. The standard InChI is InChI=1S/C31H39N3O3S/c1-22-24(6-3-8-26(22)30-32-27-10-13-33(14-15-35)18-29(27)38-30)25-7-4-9-28(23(25)2)37-16-5-12-34-19-31(20-34)11-17-36-21-31/h3-4,6-9,35H,5,10-21H2,1-2H3. The summed E-state index contributed by atoms with van der Waals surface area (Å²) in [4.78, 5) is 11.2. The molecule has 1 aromatic heterocycles. The van der Waals surface area contributed by atoms with Crippen molar-refractivity contribution >= 4 is 11.3 Å². The Morgan fingerprint density at radius 3 is 2.61 bits per heavy atom. The van der Waals surface area contributed by atoms with Gasteiger partial charge in [-0.25, -0.2) is 4.98 Å². The van der Waals surface area contributed by atoms with Crippen molar-refractivity contribution in [2.24, 2.45) is 5.41 Å². The Morgan fingerprint density at radius 2 is 1.82 bits per heavy atom. The fourth-order valence-electron chi connectivity index (χ4n) is 6.35. The zero-order valence-electron chi connectivity index (χ0n) is 22.7. The predicted molar refractivity (Wildman–Crippen MR) is 153 cm³/mol. The van der Waals surface area contributed by atoms with Crippen molar-refractivity contribution in [2.75, 3.05) is 59.2 Å². The molecule has 6 rings (SSSR count). The highest BCUT2D eigenvalue weighted by molar-refractivity contribution is 7.15. The van der Waals surface area contributed by atoms with E-state index in [9.17, 15) is 5.11 Å². The quantitative estimate of drug-likeness (QED) is 0.394. The van der Waals surface area contributed by atoms with Gasteiger partial charge in [-0.05, 0) is 55.0 Å². The van der Waals surface area contributed by atoms with E-state index >= 15 is 0 Å². The van der Waals surface area contributed by atoms with Gasteiger partial charge in [0.1, 0.15) is 10.8 Å². The van der Waals surface area contributed by atoms with Crippen LogP contribution in [0.1, 0.15) is 34.5 Å². The molecule has 0 amide bonds. The van der Waals surface area contributed by atoms with Crippen LogP contribution in [0.15, 0.2) is 36.4 Å². The van der Waals surface area contributed by atoms with Gasteiger partial charge in [-0.2, -0.15) is 0 Å². The first-order valence-corrected chi connectivity index (χ1v) is 14.8. The second-order valence-electron chi connectivity index (χ2n) is 11.3. The fourth-order valence-corrected chi connectivity index (χ4v) is 7.58. The molecule has 38 heavy (non-hydrogen) atoms. The van der Waals surface area contributed by atoms with Crippen molar-refractivity contribution in [2.45, 2.75) is 39.7 Å². The zero-order valence-corrected chi connectivity index (χ0v) is 23.5. The van der Waals surface area contributed by atoms with Crippen LogP contribution in [0, 0.1) is 19.3 Å². The van der Waals surface area contributed by atoms with Crippen LogP contribution < -0.4 is 4.74 Å². The lowest BCUT2D eigenvalue weighted by atomic mass is 9.79. The zero-order chi connectivity index (χ0) is 26.1. The highest BCUT2D eigenvalue weighted by Crippen LogP contribution is 2.40. The summed E-state index contributed by atoms with van der Waals surface area (Å²) in [6.45, 7) is 13.3. The van der Waals surface area contributed by atoms with Crippen LogP contribution in [0.3, 0.4) is 0 Å². The van der Waals surface area contributed by atoms with E-state index in [-0.39, 0.29) is 6.61 Å². The number of thiazole rings is 1. The maximum atomic E-state index is 9.33. The van der Waals surface area contributed by atoms with E-state index in [1.807, 2.05) is 0 Å². The summed E-state index contributed by atoms with van der Waals surface area (Å²) in [7, 11) is 0. The number of fused-ring (bicyclic) bond motifs is 1. The molecule has 2 saturated heterocycles. The maximum absolute atomic E-state index is 9.33. The number of aliphatic hydroxyl groups excluding tert-OH is 1. The molecule has 1 spiro atoms. The Kier molecular flexibility index (Phi) is 7.56. The van der Waals surface area contributed by atoms with Gasteiger partial charge in [0.25, 0.3) is 0 Å². The summed E-state index contributed by atoms with van der Waals surface area (Å²) in [6, 6.07) is 13.0. The third-order valence-corrected chi connectivity index (χ3v) is 9.66. The Labute approximate surface area is 230 Å². The Balaban J connectivity index is 1.13.